The SMILES string of the molecule is CC/C=C/C=C/C=C/CCCCCCCC(CC(=O)NC(CO)C(O)CCCCCCCCCCCC)OC(=O)CCCCCCCCCCCCCCCCCCCC. The van der Waals surface area contributed by atoms with Gasteiger partial charge in [0.05, 0.1) is 25.2 Å². The number of aliphatic hydroxyl groups excluding tert-OH is 2. The molecule has 3 N–H and O–H groups in total. The summed E-state index contributed by atoms with van der Waals surface area (Å²) in [6.45, 7) is 6.35. The highest BCUT2D eigenvalue weighted by Crippen LogP contribution is 2.18. The van der Waals surface area contributed by atoms with Gasteiger partial charge in [-0.2, -0.15) is 0 Å². The van der Waals surface area contributed by atoms with Gasteiger partial charge in [0, 0.05) is 6.42 Å². The molecule has 0 spiro atoms. The highest BCUT2D eigenvalue weighted by Gasteiger charge is 2.24. The number of carbonyl (C=O) groups is 2. The molecule has 0 heterocycles. The number of amides is 1. The molecule has 0 rings (SSSR count). The van der Waals surface area contributed by atoms with Crippen LogP contribution >= 0.6 is 0 Å². The molecule has 0 aromatic heterocycles. The molecule has 0 aliphatic rings. The van der Waals surface area contributed by atoms with E-state index in [1.165, 1.54) is 141 Å². The van der Waals surface area contributed by atoms with E-state index in [1.54, 1.807) is 0 Å². The molecule has 0 radical (unpaired) electrons. The van der Waals surface area contributed by atoms with Crippen molar-refractivity contribution in [2.45, 2.75) is 289 Å². The van der Waals surface area contributed by atoms with E-state index in [-0.39, 0.29) is 24.9 Å². The fourth-order valence-corrected chi connectivity index (χ4v) is 8.08. The number of allylic oxidation sites excluding steroid dienone is 6. The molecule has 0 aromatic carbocycles. The third-order valence-electron chi connectivity index (χ3n) is 12.0. The summed E-state index contributed by atoms with van der Waals surface area (Å²) in [6, 6.07) is -0.704. The van der Waals surface area contributed by atoms with E-state index in [0.29, 0.717) is 19.3 Å². The van der Waals surface area contributed by atoms with Crippen LogP contribution in [0.25, 0.3) is 0 Å². The van der Waals surface area contributed by atoms with Crippen molar-refractivity contribution in [1.82, 2.24) is 5.32 Å². The lowest BCUT2D eigenvalue weighted by Crippen LogP contribution is -2.46. The summed E-state index contributed by atoms with van der Waals surface area (Å²) in [5, 5.41) is 23.7. The molecule has 60 heavy (non-hydrogen) atoms. The lowest BCUT2D eigenvalue weighted by atomic mass is 10.0. The first-order valence-electron chi connectivity index (χ1n) is 26.2. The van der Waals surface area contributed by atoms with Gasteiger partial charge in [-0.25, -0.2) is 0 Å². The molecule has 6 nitrogen and oxygen atoms in total. The maximum Gasteiger partial charge on any atom is 0.306 e. The topological polar surface area (TPSA) is 95.9 Å². The first-order valence-corrected chi connectivity index (χ1v) is 26.2. The number of hydrogen-bond acceptors (Lipinski definition) is 5. The molecule has 0 fully saturated rings. The molecule has 0 bridgehead atoms. The van der Waals surface area contributed by atoms with Crippen LogP contribution in [0.2, 0.25) is 0 Å². The summed E-state index contributed by atoms with van der Waals surface area (Å²) >= 11 is 0. The zero-order chi connectivity index (χ0) is 43.8. The van der Waals surface area contributed by atoms with Gasteiger partial charge in [0.15, 0.2) is 0 Å². The zero-order valence-electron chi connectivity index (χ0n) is 40.1. The largest absolute Gasteiger partial charge is 0.462 e. The Labute approximate surface area is 373 Å². The van der Waals surface area contributed by atoms with E-state index in [4.69, 9.17) is 4.74 Å². The minimum atomic E-state index is -0.790. The molecule has 0 saturated heterocycles. The molecule has 0 aromatic rings. The van der Waals surface area contributed by atoms with Crippen LogP contribution in [0.4, 0.5) is 0 Å². The van der Waals surface area contributed by atoms with Crippen molar-refractivity contribution in [3.8, 4) is 0 Å². The number of carbonyl (C=O) groups excluding carboxylic acids is 2. The average Bonchev–Trinajstić information content (AvgIpc) is 3.24. The van der Waals surface area contributed by atoms with Crippen LogP contribution < -0.4 is 5.32 Å². The molecule has 0 saturated carbocycles. The van der Waals surface area contributed by atoms with Crippen molar-refractivity contribution in [2.75, 3.05) is 6.61 Å². The van der Waals surface area contributed by atoms with Crippen LogP contribution in [0.1, 0.15) is 271 Å². The number of hydrogen-bond donors (Lipinski definition) is 3. The number of esters is 1. The monoisotopic (exact) mass is 844 g/mol. The molecule has 1 amide bonds. The Kier molecular flexibility index (Phi) is 46.6. The average molecular weight is 844 g/mol. The van der Waals surface area contributed by atoms with Gasteiger partial charge in [-0.3, -0.25) is 9.59 Å². The molecular weight excluding hydrogens is 743 g/mol. The number of rotatable bonds is 47. The van der Waals surface area contributed by atoms with Crippen LogP contribution in [0, 0.1) is 0 Å². The van der Waals surface area contributed by atoms with Gasteiger partial charge in [0.1, 0.15) is 6.10 Å². The second-order valence-corrected chi connectivity index (χ2v) is 18.0. The van der Waals surface area contributed by atoms with E-state index in [9.17, 15) is 19.8 Å². The minimum Gasteiger partial charge on any atom is -0.462 e. The predicted molar refractivity (Wildman–Crippen MR) is 259 cm³/mol. The second kappa shape index (κ2) is 48.1. The fourth-order valence-electron chi connectivity index (χ4n) is 8.08. The third kappa shape index (κ3) is 42.8. The quantitative estimate of drug-likeness (QED) is 0.0322. The van der Waals surface area contributed by atoms with Crippen LogP contribution in [-0.2, 0) is 14.3 Å². The summed E-state index contributed by atoms with van der Waals surface area (Å²) in [5.41, 5.74) is 0. The van der Waals surface area contributed by atoms with Crippen molar-refractivity contribution in [3.05, 3.63) is 36.5 Å². The summed E-state index contributed by atoms with van der Waals surface area (Å²) in [7, 11) is 0. The zero-order valence-corrected chi connectivity index (χ0v) is 40.1. The second-order valence-electron chi connectivity index (χ2n) is 18.0. The van der Waals surface area contributed by atoms with Crippen LogP contribution in [0.5, 0.6) is 0 Å². The molecule has 0 aliphatic carbocycles. The van der Waals surface area contributed by atoms with Gasteiger partial charge >= 0.3 is 5.97 Å². The normalized spacial score (nSPS) is 13.5. The molecule has 3 atom stereocenters. The van der Waals surface area contributed by atoms with Crippen molar-refractivity contribution in [3.63, 3.8) is 0 Å². The Hall–Kier alpha value is -1.92. The standard InChI is InChI=1S/C54H101NO5/c1-4-7-10-13-16-19-22-24-25-26-27-28-30-32-35-38-41-44-47-54(59)60-50(45-42-39-36-33-31-29-23-20-17-14-11-8-5-2)48-53(58)55-51(49-56)52(57)46-43-40-37-34-21-18-15-12-9-6-3/h8,11,14,17,20,23,50-52,56-57H,4-7,9-10,12-13,15-16,18-19,21-22,24-49H2,1-3H3,(H,55,58)/b11-8+,17-14+,23-20+. The lowest BCUT2D eigenvalue weighted by Gasteiger charge is -2.24. The first-order chi connectivity index (χ1) is 29.5. The van der Waals surface area contributed by atoms with E-state index in [1.807, 2.05) is 0 Å². The maximum atomic E-state index is 13.2. The lowest BCUT2D eigenvalue weighted by molar-refractivity contribution is -0.151. The van der Waals surface area contributed by atoms with Crippen molar-refractivity contribution >= 4 is 11.9 Å². The van der Waals surface area contributed by atoms with Gasteiger partial charge in [-0.05, 0) is 44.9 Å². The summed E-state index contributed by atoms with van der Waals surface area (Å²) in [6.07, 6.45) is 56.4. The van der Waals surface area contributed by atoms with Crippen LogP contribution in [0.15, 0.2) is 36.5 Å². The third-order valence-corrected chi connectivity index (χ3v) is 12.0. The highest BCUT2D eigenvalue weighted by atomic mass is 16.5. The van der Waals surface area contributed by atoms with Gasteiger partial charge in [0.25, 0.3) is 0 Å². The molecule has 3 unspecified atom stereocenters. The summed E-state index contributed by atoms with van der Waals surface area (Å²) in [5.74, 6) is -0.483. The van der Waals surface area contributed by atoms with E-state index in [2.05, 4.69) is 62.5 Å². The van der Waals surface area contributed by atoms with Gasteiger partial charge in [0.2, 0.25) is 5.91 Å². The van der Waals surface area contributed by atoms with Crippen LogP contribution in [0.3, 0.4) is 0 Å². The number of nitrogens with one attached hydrogen (secondary N) is 1. The number of unbranched alkanes of at least 4 members (excludes halogenated alkanes) is 31. The Morgan fingerprint density at radius 2 is 0.900 bits per heavy atom. The molecule has 352 valence electrons. The number of aliphatic hydroxyl groups is 2. The highest BCUT2D eigenvalue weighted by molar-refractivity contribution is 5.77. The Morgan fingerprint density at radius 1 is 0.500 bits per heavy atom. The summed E-state index contributed by atoms with van der Waals surface area (Å²) in [4.78, 5) is 26.1. The van der Waals surface area contributed by atoms with Gasteiger partial charge < -0.3 is 20.3 Å². The smallest absolute Gasteiger partial charge is 0.306 e. The maximum absolute atomic E-state index is 13.2. The molecule has 6 heteroatoms. The van der Waals surface area contributed by atoms with E-state index >= 15 is 0 Å². The fraction of sp³-hybridized carbons (Fsp3) is 0.852. The van der Waals surface area contributed by atoms with E-state index < -0.39 is 18.2 Å². The Balaban J connectivity index is 4.51. The van der Waals surface area contributed by atoms with Gasteiger partial charge in [-0.15, -0.1) is 0 Å². The molecule has 0 aliphatic heterocycles. The Bertz CT molecular complexity index is 993. The van der Waals surface area contributed by atoms with Crippen molar-refractivity contribution in [1.29, 1.82) is 0 Å². The molecular formula is C54H101NO5. The summed E-state index contributed by atoms with van der Waals surface area (Å²) < 4.78 is 5.93. The number of ether oxygens (including phenoxy) is 1. The van der Waals surface area contributed by atoms with Crippen LogP contribution in [-0.4, -0.2) is 46.9 Å². The Morgan fingerprint density at radius 3 is 1.35 bits per heavy atom. The predicted octanol–water partition coefficient (Wildman–Crippen LogP) is 15.7. The first kappa shape index (κ1) is 58.1. The minimum absolute atomic E-state index is 0.0676. The van der Waals surface area contributed by atoms with E-state index in [0.717, 1.165) is 83.5 Å². The van der Waals surface area contributed by atoms with Crippen molar-refractivity contribution < 1.29 is 24.5 Å². The van der Waals surface area contributed by atoms with Crippen molar-refractivity contribution in [2.24, 2.45) is 0 Å². The van der Waals surface area contributed by atoms with Gasteiger partial charge in [-0.1, -0.05) is 250 Å².